The predicted octanol–water partition coefficient (Wildman–Crippen LogP) is -1.51. The molecule has 2 saturated carbocycles. The molecule has 0 radical (unpaired) electrons. The Morgan fingerprint density at radius 2 is 2.32 bits per heavy atom. The number of aliphatic hydroxyl groups excluding tert-OH is 2. The highest BCUT2D eigenvalue weighted by Crippen LogP contribution is 2.70. The maximum absolute atomic E-state index is 11.9. The molecule has 0 bridgehead atoms. The number of nitrogen functional groups attached to an aromatic ring is 1. The largest absolute Gasteiger partial charge is 0.396 e. The summed E-state index contributed by atoms with van der Waals surface area (Å²) in [6, 6.07) is 0.876. The molecular weight excluding hydrogens is 250 g/mol. The summed E-state index contributed by atoms with van der Waals surface area (Å²) in [6.45, 7) is 1.28. The number of nitrogens with two attached hydrogens (primary N) is 1. The smallest absolute Gasteiger partial charge is 0.349 e. The fourth-order valence-corrected chi connectivity index (χ4v) is 3.62. The predicted molar refractivity (Wildman–Crippen MR) is 66.2 cm³/mol. The minimum absolute atomic E-state index is 0.114. The zero-order valence-corrected chi connectivity index (χ0v) is 10.5. The Bertz CT molecular complexity index is 585. The summed E-state index contributed by atoms with van der Waals surface area (Å²) >= 11 is 0. The molecule has 104 valence electrons. The second kappa shape index (κ2) is 3.56. The summed E-state index contributed by atoms with van der Waals surface area (Å²) in [6.07, 6.45) is 0.995. The van der Waals surface area contributed by atoms with Crippen molar-refractivity contribution in [2.75, 3.05) is 12.3 Å². The highest BCUT2D eigenvalue weighted by molar-refractivity contribution is 5.28. The lowest BCUT2D eigenvalue weighted by atomic mass is 9.89. The van der Waals surface area contributed by atoms with Gasteiger partial charge in [-0.05, 0) is 25.3 Å². The van der Waals surface area contributed by atoms with Gasteiger partial charge < -0.3 is 21.1 Å². The Morgan fingerprint density at radius 3 is 2.84 bits per heavy atom. The van der Waals surface area contributed by atoms with E-state index in [1.165, 1.54) is 23.8 Å². The van der Waals surface area contributed by atoms with Crippen molar-refractivity contribution in [3.8, 4) is 0 Å². The van der Waals surface area contributed by atoms with Crippen molar-refractivity contribution in [3.05, 3.63) is 22.7 Å². The number of anilines is 1. The van der Waals surface area contributed by atoms with Crippen molar-refractivity contribution < 1.29 is 15.3 Å². The molecule has 1 aromatic heterocycles. The van der Waals surface area contributed by atoms with E-state index < -0.39 is 28.9 Å². The Hall–Kier alpha value is -1.44. The van der Waals surface area contributed by atoms with Gasteiger partial charge in [0.05, 0.1) is 18.8 Å². The van der Waals surface area contributed by atoms with Gasteiger partial charge >= 0.3 is 5.69 Å². The van der Waals surface area contributed by atoms with Gasteiger partial charge in [-0.15, -0.1) is 0 Å². The fraction of sp³-hybridized carbons (Fsp3) is 0.667. The molecule has 7 nitrogen and oxygen atoms in total. The molecule has 0 spiro atoms. The third-order valence-corrected chi connectivity index (χ3v) is 4.70. The third-order valence-electron chi connectivity index (χ3n) is 4.70. The van der Waals surface area contributed by atoms with Crippen LogP contribution in [0.3, 0.4) is 0 Å². The van der Waals surface area contributed by atoms with Crippen LogP contribution in [-0.2, 0) is 0 Å². The van der Waals surface area contributed by atoms with Crippen LogP contribution in [0.5, 0.6) is 0 Å². The Labute approximate surface area is 109 Å². The van der Waals surface area contributed by atoms with Crippen molar-refractivity contribution >= 4 is 5.82 Å². The van der Waals surface area contributed by atoms with E-state index in [0.717, 1.165) is 0 Å². The first kappa shape index (κ1) is 12.6. The molecule has 0 aliphatic heterocycles. The SMILES string of the molecule is C[C@]1(O)[C@H](n2ccc(N)nc2=O)[C@H]2C[C@@]2(CO)[C@H]1O. The van der Waals surface area contributed by atoms with Crippen LogP contribution in [-0.4, -0.2) is 43.2 Å². The van der Waals surface area contributed by atoms with Gasteiger partial charge in [-0.3, -0.25) is 4.57 Å². The Morgan fingerprint density at radius 1 is 1.63 bits per heavy atom. The van der Waals surface area contributed by atoms with Gasteiger partial charge in [-0.2, -0.15) is 4.98 Å². The van der Waals surface area contributed by atoms with Gasteiger partial charge in [0.25, 0.3) is 0 Å². The first-order chi connectivity index (χ1) is 8.84. The average Bonchev–Trinajstić information content (AvgIpc) is 3.02. The summed E-state index contributed by atoms with van der Waals surface area (Å²) in [5.74, 6) is -0.0192. The molecule has 1 aromatic rings. The molecule has 1 heterocycles. The molecule has 0 unspecified atom stereocenters. The van der Waals surface area contributed by atoms with E-state index in [1.807, 2.05) is 0 Å². The first-order valence-corrected chi connectivity index (χ1v) is 6.20. The fourth-order valence-electron chi connectivity index (χ4n) is 3.62. The molecule has 5 N–H and O–H groups in total. The maximum Gasteiger partial charge on any atom is 0.349 e. The molecule has 0 amide bonds. The number of rotatable bonds is 2. The lowest BCUT2D eigenvalue weighted by Gasteiger charge is -2.34. The minimum atomic E-state index is -1.48. The molecule has 5 atom stereocenters. The van der Waals surface area contributed by atoms with Crippen LogP contribution in [0, 0.1) is 11.3 Å². The van der Waals surface area contributed by atoms with Gasteiger partial charge in [-0.1, -0.05) is 0 Å². The quantitative estimate of drug-likeness (QED) is 0.517. The molecule has 7 heteroatoms. The third kappa shape index (κ3) is 1.43. The van der Waals surface area contributed by atoms with E-state index in [-0.39, 0.29) is 18.3 Å². The maximum atomic E-state index is 11.9. The summed E-state index contributed by atoms with van der Waals surface area (Å²) in [4.78, 5) is 15.5. The molecule has 3 rings (SSSR count). The van der Waals surface area contributed by atoms with Crippen LogP contribution >= 0.6 is 0 Å². The van der Waals surface area contributed by atoms with Crippen LogP contribution in [0.1, 0.15) is 19.4 Å². The summed E-state index contributed by atoms with van der Waals surface area (Å²) in [5.41, 5.74) is 2.71. The molecule has 19 heavy (non-hydrogen) atoms. The number of hydrogen-bond donors (Lipinski definition) is 4. The first-order valence-electron chi connectivity index (χ1n) is 6.20. The van der Waals surface area contributed by atoms with Gasteiger partial charge in [0, 0.05) is 11.6 Å². The Balaban J connectivity index is 2.08. The number of aliphatic hydroxyl groups is 3. The zero-order chi connectivity index (χ0) is 14.0. The van der Waals surface area contributed by atoms with Gasteiger partial charge in [0.1, 0.15) is 11.4 Å². The number of nitrogens with zero attached hydrogens (tertiary/aromatic N) is 2. The van der Waals surface area contributed by atoms with E-state index in [1.54, 1.807) is 0 Å². The summed E-state index contributed by atoms with van der Waals surface area (Å²) < 4.78 is 1.30. The molecule has 0 saturated heterocycles. The van der Waals surface area contributed by atoms with Crippen LogP contribution < -0.4 is 11.4 Å². The standard InChI is InChI=1S/C12H17N3O4/c1-11(19)8(6-4-12(6,5-16)9(11)17)15-3-2-7(13)14-10(15)18/h2-3,6,8-9,16-17,19H,4-5H2,1H3,(H2,13,14,18)/t6-,8-,9+,11+,12+/m1/s1. The van der Waals surface area contributed by atoms with Gasteiger partial charge in [0.2, 0.25) is 0 Å². The zero-order valence-electron chi connectivity index (χ0n) is 10.5. The number of aromatic nitrogens is 2. The normalized spacial score (nSPS) is 44.1. The average molecular weight is 267 g/mol. The van der Waals surface area contributed by atoms with Crippen molar-refractivity contribution in [2.45, 2.75) is 31.1 Å². The second-order valence-corrected chi connectivity index (χ2v) is 5.82. The molecule has 0 aromatic carbocycles. The van der Waals surface area contributed by atoms with E-state index in [4.69, 9.17) is 5.73 Å². The van der Waals surface area contributed by atoms with Gasteiger partial charge in [-0.25, -0.2) is 4.79 Å². The van der Waals surface area contributed by atoms with Crippen molar-refractivity contribution in [3.63, 3.8) is 0 Å². The minimum Gasteiger partial charge on any atom is -0.396 e. The van der Waals surface area contributed by atoms with Crippen molar-refractivity contribution in [1.82, 2.24) is 9.55 Å². The molecule has 2 fully saturated rings. The van der Waals surface area contributed by atoms with E-state index in [2.05, 4.69) is 4.98 Å². The number of fused-ring (bicyclic) bond motifs is 1. The van der Waals surface area contributed by atoms with Crippen LogP contribution in [0.2, 0.25) is 0 Å². The summed E-state index contributed by atoms with van der Waals surface area (Å²) in [5, 5.41) is 30.2. The van der Waals surface area contributed by atoms with E-state index in [0.29, 0.717) is 6.42 Å². The lowest BCUT2D eigenvalue weighted by Crippen LogP contribution is -2.48. The van der Waals surface area contributed by atoms with Gasteiger partial charge in [0.15, 0.2) is 0 Å². The van der Waals surface area contributed by atoms with Crippen molar-refractivity contribution in [2.24, 2.45) is 11.3 Å². The Kier molecular flexibility index (Phi) is 2.36. The second-order valence-electron chi connectivity index (χ2n) is 5.82. The topological polar surface area (TPSA) is 122 Å². The van der Waals surface area contributed by atoms with Crippen LogP contribution in [0.4, 0.5) is 5.82 Å². The van der Waals surface area contributed by atoms with Crippen LogP contribution in [0.15, 0.2) is 17.1 Å². The van der Waals surface area contributed by atoms with Crippen LogP contribution in [0.25, 0.3) is 0 Å². The summed E-state index contributed by atoms with van der Waals surface area (Å²) in [7, 11) is 0. The molecular formula is C12H17N3O4. The van der Waals surface area contributed by atoms with Crippen molar-refractivity contribution in [1.29, 1.82) is 0 Å². The highest BCUT2D eigenvalue weighted by Gasteiger charge is 2.75. The van der Waals surface area contributed by atoms with E-state index in [9.17, 15) is 20.1 Å². The highest BCUT2D eigenvalue weighted by atomic mass is 16.3. The lowest BCUT2D eigenvalue weighted by molar-refractivity contribution is -0.101. The number of hydrogen-bond acceptors (Lipinski definition) is 6. The molecule has 2 aliphatic carbocycles. The monoisotopic (exact) mass is 267 g/mol. The van der Waals surface area contributed by atoms with E-state index >= 15 is 0 Å². The molecule has 2 aliphatic rings.